The van der Waals surface area contributed by atoms with Crippen molar-refractivity contribution in [2.75, 3.05) is 26.7 Å². The van der Waals surface area contributed by atoms with Crippen LogP contribution < -0.4 is 0 Å². The van der Waals surface area contributed by atoms with Crippen molar-refractivity contribution in [1.82, 2.24) is 4.90 Å². The van der Waals surface area contributed by atoms with Crippen LogP contribution in [0.5, 0.6) is 0 Å². The van der Waals surface area contributed by atoms with E-state index in [9.17, 15) is 5.11 Å². The average Bonchev–Trinajstić information content (AvgIpc) is 2.01. The Kier molecular flexibility index (Phi) is 7.15. The molecule has 0 heterocycles. The zero-order valence-electron chi connectivity index (χ0n) is 10.2. The number of methoxy groups -OCH3 is 1. The Balaban J connectivity index is 3.96. The van der Waals surface area contributed by atoms with Crippen LogP contribution in [0.1, 0.15) is 27.7 Å². The van der Waals surface area contributed by atoms with Gasteiger partial charge in [-0.25, -0.2) is 0 Å². The van der Waals surface area contributed by atoms with Gasteiger partial charge in [-0.2, -0.15) is 0 Å². The fraction of sp³-hybridized carbons (Fsp3) is 1.00. The summed E-state index contributed by atoms with van der Waals surface area (Å²) in [6.45, 7) is 10.9. The molecule has 0 radical (unpaired) electrons. The minimum atomic E-state index is -0.266. The van der Waals surface area contributed by atoms with Gasteiger partial charge in [-0.1, -0.05) is 13.8 Å². The second kappa shape index (κ2) is 7.21. The van der Waals surface area contributed by atoms with Gasteiger partial charge in [0.05, 0.1) is 12.2 Å². The molecule has 0 spiro atoms. The Labute approximate surface area is 88.1 Å². The van der Waals surface area contributed by atoms with Crippen LogP contribution in [0, 0.1) is 5.92 Å². The molecular formula is C11H25NO2. The van der Waals surface area contributed by atoms with Gasteiger partial charge < -0.3 is 9.84 Å². The predicted molar refractivity (Wildman–Crippen MR) is 59.4 cm³/mol. The Morgan fingerprint density at radius 3 is 2.00 bits per heavy atom. The summed E-state index contributed by atoms with van der Waals surface area (Å²) in [5.74, 6) is 0.623. The van der Waals surface area contributed by atoms with Gasteiger partial charge in [0, 0.05) is 26.7 Å². The molecule has 2 unspecified atom stereocenters. The van der Waals surface area contributed by atoms with Crippen molar-refractivity contribution in [1.29, 1.82) is 0 Å². The first kappa shape index (κ1) is 13.9. The SMILES string of the molecule is COC(C)CN(CC(C)C)CC(C)O. The first-order valence-corrected chi connectivity index (χ1v) is 5.38. The molecular weight excluding hydrogens is 178 g/mol. The van der Waals surface area contributed by atoms with Gasteiger partial charge >= 0.3 is 0 Å². The number of hydrogen-bond donors (Lipinski definition) is 1. The summed E-state index contributed by atoms with van der Waals surface area (Å²) in [4.78, 5) is 2.25. The van der Waals surface area contributed by atoms with Crippen molar-refractivity contribution in [3.8, 4) is 0 Å². The fourth-order valence-electron chi connectivity index (χ4n) is 1.55. The highest BCUT2D eigenvalue weighted by atomic mass is 16.5. The summed E-state index contributed by atoms with van der Waals surface area (Å²) in [6, 6.07) is 0. The number of aliphatic hydroxyl groups is 1. The fourth-order valence-corrected chi connectivity index (χ4v) is 1.55. The van der Waals surface area contributed by atoms with E-state index in [0.29, 0.717) is 5.92 Å². The summed E-state index contributed by atoms with van der Waals surface area (Å²) in [7, 11) is 1.72. The maximum Gasteiger partial charge on any atom is 0.0670 e. The molecule has 86 valence electrons. The number of aliphatic hydroxyl groups excluding tert-OH is 1. The van der Waals surface area contributed by atoms with E-state index in [1.54, 1.807) is 7.11 Å². The zero-order chi connectivity index (χ0) is 11.1. The lowest BCUT2D eigenvalue weighted by Gasteiger charge is -2.27. The zero-order valence-corrected chi connectivity index (χ0v) is 10.2. The van der Waals surface area contributed by atoms with Crippen molar-refractivity contribution in [2.24, 2.45) is 5.92 Å². The van der Waals surface area contributed by atoms with Gasteiger partial charge in [0.2, 0.25) is 0 Å². The predicted octanol–water partition coefficient (Wildman–Crippen LogP) is 1.36. The molecule has 0 aromatic heterocycles. The number of ether oxygens (including phenoxy) is 1. The average molecular weight is 203 g/mol. The first-order chi connectivity index (χ1) is 6.45. The lowest BCUT2D eigenvalue weighted by Crippen LogP contribution is -2.39. The second-order valence-electron chi connectivity index (χ2n) is 4.51. The Morgan fingerprint density at radius 1 is 1.07 bits per heavy atom. The molecule has 0 saturated carbocycles. The maximum atomic E-state index is 9.34. The summed E-state index contributed by atoms with van der Waals surface area (Å²) < 4.78 is 5.22. The van der Waals surface area contributed by atoms with Crippen molar-refractivity contribution >= 4 is 0 Å². The van der Waals surface area contributed by atoms with Crippen molar-refractivity contribution in [3.63, 3.8) is 0 Å². The molecule has 0 rings (SSSR count). The second-order valence-corrected chi connectivity index (χ2v) is 4.51. The molecule has 3 heteroatoms. The number of hydrogen-bond acceptors (Lipinski definition) is 3. The lowest BCUT2D eigenvalue weighted by atomic mass is 10.2. The van der Waals surface area contributed by atoms with Crippen LogP contribution in [0.2, 0.25) is 0 Å². The summed E-state index contributed by atoms with van der Waals surface area (Å²) in [5.41, 5.74) is 0. The molecule has 0 saturated heterocycles. The molecule has 0 fully saturated rings. The standard InChI is InChI=1S/C11H25NO2/c1-9(2)6-12(7-10(3)13)8-11(4)14-5/h9-11,13H,6-8H2,1-5H3. The minimum absolute atomic E-state index is 0.229. The van der Waals surface area contributed by atoms with E-state index in [1.807, 2.05) is 6.92 Å². The molecule has 3 nitrogen and oxygen atoms in total. The monoisotopic (exact) mass is 203 g/mol. The molecule has 14 heavy (non-hydrogen) atoms. The van der Waals surface area contributed by atoms with E-state index in [0.717, 1.165) is 19.6 Å². The van der Waals surface area contributed by atoms with Gasteiger partial charge in [0.1, 0.15) is 0 Å². The van der Waals surface area contributed by atoms with E-state index < -0.39 is 0 Å². The van der Waals surface area contributed by atoms with Crippen LogP contribution >= 0.6 is 0 Å². The normalized spacial score (nSPS) is 16.3. The molecule has 0 amide bonds. The van der Waals surface area contributed by atoms with Crippen LogP contribution in [-0.2, 0) is 4.74 Å². The van der Waals surface area contributed by atoms with Crippen LogP contribution in [0.4, 0.5) is 0 Å². The molecule has 0 aliphatic carbocycles. The Hall–Kier alpha value is -0.120. The molecule has 0 aliphatic rings. The highest BCUT2D eigenvalue weighted by Crippen LogP contribution is 2.03. The molecule has 0 aliphatic heterocycles. The van der Waals surface area contributed by atoms with Crippen LogP contribution in [0.3, 0.4) is 0 Å². The molecule has 2 atom stereocenters. The molecule has 1 N–H and O–H groups in total. The Morgan fingerprint density at radius 2 is 1.64 bits per heavy atom. The summed E-state index contributed by atoms with van der Waals surface area (Å²) in [6.07, 6.45) is -0.0368. The van der Waals surface area contributed by atoms with E-state index in [2.05, 4.69) is 25.7 Å². The van der Waals surface area contributed by atoms with Gasteiger partial charge in [-0.05, 0) is 19.8 Å². The van der Waals surface area contributed by atoms with Crippen LogP contribution in [0.25, 0.3) is 0 Å². The maximum absolute atomic E-state index is 9.34. The minimum Gasteiger partial charge on any atom is -0.392 e. The summed E-state index contributed by atoms with van der Waals surface area (Å²) in [5, 5.41) is 9.34. The largest absolute Gasteiger partial charge is 0.392 e. The van der Waals surface area contributed by atoms with Crippen LogP contribution in [-0.4, -0.2) is 49.0 Å². The van der Waals surface area contributed by atoms with Crippen molar-refractivity contribution in [2.45, 2.75) is 39.9 Å². The van der Waals surface area contributed by atoms with Gasteiger partial charge in [0.15, 0.2) is 0 Å². The third kappa shape index (κ3) is 7.30. The third-order valence-corrected chi connectivity index (χ3v) is 2.06. The van der Waals surface area contributed by atoms with E-state index in [1.165, 1.54) is 0 Å². The van der Waals surface area contributed by atoms with Gasteiger partial charge in [-0.15, -0.1) is 0 Å². The molecule has 0 aromatic carbocycles. The lowest BCUT2D eigenvalue weighted by molar-refractivity contribution is 0.0510. The third-order valence-electron chi connectivity index (χ3n) is 2.06. The van der Waals surface area contributed by atoms with E-state index in [4.69, 9.17) is 4.74 Å². The molecule has 0 aromatic rings. The molecule has 0 bridgehead atoms. The van der Waals surface area contributed by atoms with E-state index >= 15 is 0 Å². The van der Waals surface area contributed by atoms with Crippen LogP contribution in [0.15, 0.2) is 0 Å². The topological polar surface area (TPSA) is 32.7 Å². The van der Waals surface area contributed by atoms with E-state index in [-0.39, 0.29) is 12.2 Å². The number of rotatable bonds is 7. The number of nitrogens with zero attached hydrogens (tertiary/aromatic N) is 1. The highest BCUT2D eigenvalue weighted by Gasteiger charge is 2.13. The Bertz CT molecular complexity index is 127. The van der Waals surface area contributed by atoms with Crippen molar-refractivity contribution in [3.05, 3.63) is 0 Å². The van der Waals surface area contributed by atoms with Gasteiger partial charge in [-0.3, -0.25) is 4.90 Å². The highest BCUT2D eigenvalue weighted by molar-refractivity contribution is 4.66. The summed E-state index contributed by atoms with van der Waals surface area (Å²) >= 11 is 0. The van der Waals surface area contributed by atoms with Gasteiger partial charge in [0.25, 0.3) is 0 Å². The quantitative estimate of drug-likeness (QED) is 0.678. The van der Waals surface area contributed by atoms with Crippen molar-refractivity contribution < 1.29 is 9.84 Å². The smallest absolute Gasteiger partial charge is 0.0670 e. The first-order valence-electron chi connectivity index (χ1n) is 5.38.